The Balaban J connectivity index is 0.000000899. The third kappa shape index (κ3) is 9.35. The number of hydrogen-bond donors (Lipinski definition) is 0. The van der Waals surface area contributed by atoms with Gasteiger partial charge in [-0.1, -0.05) is 199 Å². The molecule has 0 saturated heterocycles. The number of nitrogens with zero attached hydrogens (tertiary/aromatic N) is 4. The van der Waals surface area contributed by atoms with Gasteiger partial charge < -0.3 is 9.97 Å². The molecule has 0 atom stereocenters. The number of allylic oxidation sites excluding steroid dienone is 4. The molecule has 1 radical (unpaired) electrons. The van der Waals surface area contributed by atoms with Crippen molar-refractivity contribution in [1.82, 2.24) is 19.9 Å². The quantitative estimate of drug-likeness (QED) is 0.0904. The van der Waals surface area contributed by atoms with Gasteiger partial charge in [-0.25, -0.2) is 9.97 Å². The van der Waals surface area contributed by atoms with Crippen LogP contribution in [-0.4, -0.2) is 9.97 Å². The van der Waals surface area contributed by atoms with Gasteiger partial charge in [-0.2, -0.15) is 36.4 Å². The van der Waals surface area contributed by atoms with Gasteiger partial charge >= 0.3 is 17.1 Å². The van der Waals surface area contributed by atoms with E-state index in [0.29, 0.717) is 0 Å². The van der Waals surface area contributed by atoms with E-state index in [1.54, 1.807) is 0 Å². The first kappa shape index (κ1) is 50.6. The van der Waals surface area contributed by atoms with E-state index in [4.69, 9.17) is 19.9 Å². The summed E-state index contributed by atoms with van der Waals surface area (Å²) in [6.07, 6.45) is 6.72. The molecule has 5 heterocycles. The second-order valence-electron chi connectivity index (χ2n) is 17.9. The molecular weight excluding hydrogens is 905 g/mol. The molecule has 8 bridgehead atoms. The summed E-state index contributed by atoms with van der Waals surface area (Å²) < 4.78 is 0. The van der Waals surface area contributed by atoms with Crippen LogP contribution in [0.1, 0.15) is 126 Å². The molecule has 2 aliphatic heterocycles. The molecule has 0 N–H and O–H groups in total. The van der Waals surface area contributed by atoms with Gasteiger partial charge in [0, 0.05) is 0 Å². The maximum atomic E-state index is 5.97. The van der Waals surface area contributed by atoms with E-state index in [1.165, 1.54) is 44.5 Å². The molecule has 3 aromatic heterocycles. The van der Waals surface area contributed by atoms with Gasteiger partial charge in [-0.3, -0.25) is 0 Å². The molecule has 71 heavy (non-hydrogen) atoms. The van der Waals surface area contributed by atoms with Crippen molar-refractivity contribution < 1.29 is 17.1 Å². The monoisotopic (exact) mass is 969 g/mol. The van der Waals surface area contributed by atoms with Crippen molar-refractivity contribution in [1.29, 1.82) is 0 Å². The minimum atomic E-state index is 0. The first-order chi connectivity index (χ1) is 34.5. The number of aromatic nitrogens is 4. The fraction of sp³-hybridized carbons (Fsp3) is 0.242. The van der Waals surface area contributed by atoms with Gasteiger partial charge in [0.1, 0.15) is 0 Å². The number of aryl methyl sites for hydroxylation is 4. The van der Waals surface area contributed by atoms with Crippen molar-refractivity contribution in [2.24, 2.45) is 0 Å². The molecule has 8 aromatic rings. The van der Waals surface area contributed by atoms with E-state index >= 15 is 0 Å². The minimum absolute atomic E-state index is 0. The van der Waals surface area contributed by atoms with Gasteiger partial charge in [-0.15, -0.1) is 22.1 Å². The molecule has 0 spiro atoms. The maximum Gasteiger partial charge on any atom is 3.00 e. The van der Waals surface area contributed by atoms with Crippen LogP contribution in [0, 0.1) is 6.07 Å². The second-order valence-corrected chi connectivity index (χ2v) is 17.9. The predicted molar refractivity (Wildman–Crippen MR) is 298 cm³/mol. The molecule has 10 rings (SSSR count). The molecule has 357 valence electrons. The van der Waals surface area contributed by atoms with Crippen molar-refractivity contribution >= 4 is 44.4 Å². The Morgan fingerprint density at radius 3 is 0.704 bits per heavy atom. The molecule has 0 fully saturated rings. The van der Waals surface area contributed by atoms with Crippen molar-refractivity contribution in [3.8, 4) is 44.5 Å². The number of fused-ring (bicyclic) bond motifs is 8. The first-order valence-corrected chi connectivity index (χ1v) is 25.8. The van der Waals surface area contributed by atoms with Crippen LogP contribution in [0.25, 0.3) is 88.9 Å². The Morgan fingerprint density at radius 1 is 0.310 bits per heavy atom. The van der Waals surface area contributed by atoms with Gasteiger partial charge in [0.25, 0.3) is 0 Å². The average Bonchev–Trinajstić information content (AvgIpc) is 4.18. The summed E-state index contributed by atoms with van der Waals surface area (Å²) >= 11 is 0. The fourth-order valence-electron chi connectivity index (χ4n) is 11.1. The van der Waals surface area contributed by atoms with Crippen LogP contribution >= 0.6 is 0 Å². The predicted octanol–water partition coefficient (Wildman–Crippen LogP) is 17.4. The van der Waals surface area contributed by atoms with Gasteiger partial charge in [0.2, 0.25) is 0 Å². The molecule has 2 aliphatic rings. The van der Waals surface area contributed by atoms with Crippen molar-refractivity contribution in [3.05, 3.63) is 203 Å². The smallest absolute Gasteiger partial charge is 0.656 e. The summed E-state index contributed by atoms with van der Waals surface area (Å²) in [7, 11) is 0. The Hall–Kier alpha value is -6.78. The summed E-state index contributed by atoms with van der Waals surface area (Å²) in [5, 5.41) is 0. The maximum absolute atomic E-state index is 5.97. The van der Waals surface area contributed by atoms with E-state index in [1.807, 2.05) is 30.3 Å². The van der Waals surface area contributed by atoms with Crippen LogP contribution in [0.5, 0.6) is 0 Å². The van der Waals surface area contributed by atoms with Crippen LogP contribution in [0.15, 0.2) is 152 Å². The molecule has 4 nitrogen and oxygen atoms in total. The van der Waals surface area contributed by atoms with E-state index in [2.05, 4.69) is 183 Å². The molecule has 0 saturated carbocycles. The summed E-state index contributed by atoms with van der Waals surface area (Å²) in [4.78, 5) is 23.9. The van der Waals surface area contributed by atoms with Crippen LogP contribution in [0.2, 0.25) is 0 Å². The standard InChI is InChI=1S/C60H60N4.C6H5.Fe/c1-9-41-42(10-2)54-50(38-31-23-18-24-32-38)56-45(13-5)46(14-6)58(63-56)52(40-35-27-20-28-36-40)60-48(16-8)47(15-7)59(64-60)51(39-33-25-19-26-34-39)57-44(12-4)43(11-3)55(62-57)49(53(41)61-54)37-29-21-17-22-30-37;1-2-4-6-5-3-1;/h17-36H,9-16H2,1-8H3;1-5H;/q-2;-1;+3. The van der Waals surface area contributed by atoms with Crippen molar-refractivity contribution in [2.75, 3.05) is 0 Å². The Labute approximate surface area is 433 Å². The third-order valence-corrected chi connectivity index (χ3v) is 14.2. The topological polar surface area (TPSA) is 54.0 Å². The minimum Gasteiger partial charge on any atom is -0.656 e. The van der Waals surface area contributed by atoms with Crippen LogP contribution in [0.3, 0.4) is 0 Å². The summed E-state index contributed by atoms with van der Waals surface area (Å²) in [5.74, 6) is 0. The zero-order valence-electron chi connectivity index (χ0n) is 42.7. The zero-order valence-corrected chi connectivity index (χ0v) is 43.8. The second kappa shape index (κ2) is 23.0. The molecule has 0 aliphatic carbocycles. The Bertz CT molecular complexity index is 2920. The molecular formula is C66H65FeN4. The van der Waals surface area contributed by atoms with Gasteiger partial charge in [0.05, 0.1) is 22.8 Å². The summed E-state index contributed by atoms with van der Waals surface area (Å²) in [6, 6.07) is 56.2. The first-order valence-electron chi connectivity index (χ1n) is 25.8. The molecule has 5 aromatic carbocycles. The fourth-order valence-corrected chi connectivity index (χ4v) is 11.1. The number of rotatable bonds is 12. The number of hydrogen-bond acceptors (Lipinski definition) is 2. The van der Waals surface area contributed by atoms with Gasteiger partial charge in [0.15, 0.2) is 0 Å². The number of benzene rings is 5. The Kier molecular flexibility index (Phi) is 16.4. The average molecular weight is 970 g/mol. The van der Waals surface area contributed by atoms with Crippen molar-refractivity contribution in [2.45, 2.75) is 107 Å². The van der Waals surface area contributed by atoms with Crippen molar-refractivity contribution in [3.63, 3.8) is 0 Å². The van der Waals surface area contributed by atoms with Crippen LogP contribution in [-0.2, 0) is 42.8 Å². The molecule has 0 unspecified atom stereocenters. The summed E-state index contributed by atoms with van der Waals surface area (Å²) in [6.45, 7) is 18.4. The van der Waals surface area contributed by atoms with E-state index in [9.17, 15) is 0 Å². The third-order valence-electron chi connectivity index (χ3n) is 14.2. The Morgan fingerprint density at radius 2 is 0.535 bits per heavy atom. The van der Waals surface area contributed by atoms with Crippen LogP contribution in [0.4, 0.5) is 0 Å². The van der Waals surface area contributed by atoms with E-state index < -0.39 is 0 Å². The largest absolute Gasteiger partial charge is 3.00 e. The molecule has 5 heteroatoms. The van der Waals surface area contributed by atoms with E-state index in [0.717, 1.165) is 141 Å². The SMILES string of the molecule is CCC1=C(CC)c2nc1c(-c1ccccc1)c1[n-]c(c(CC)c1CC)c(-c1ccccc1)c1nc(c(-c3ccccc3)c3[n-]c(c(CC)c3CC)c2-c2ccccc2)C(CC)=C1CC.[Fe+3].[c-]1ccccc1. The van der Waals surface area contributed by atoms with E-state index in [-0.39, 0.29) is 17.1 Å². The van der Waals surface area contributed by atoms with Crippen LogP contribution < -0.4 is 9.97 Å². The van der Waals surface area contributed by atoms with Gasteiger partial charge in [-0.05, 0) is 118 Å². The normalized spacial score (nSPS) is 12.2. The molecule has 0 amide bonds. The summed E-state index contributed by atoms with van der Waals surface area (Å²) in [5.41, 5.74) is 27.4. The zero-order chi connectivity index (χ0) is 48.7.